The van der Waals surface area contributed by atoms with Crippen molar-refractivity contribution in [3.8, 4) is 0 Å². The number of carboxylic acids is 1. The van der Waals surface area contributed by atoms with Crippen LogP contribution in [0.4, 0.5) is 0 Å². The summed E-state index contributed by atoms with van der Waals surface area (Å²) in [6.45, 7) is 11.6. The van der Waals surface area contributed by atoms with Gasteiger partial charge in [-0.15, -0.1) is 6.58 Å². The lowest BCUT2D eigenvalue weighted by Gasteiger charge is -2.17. The van der Waals surface area contributed by atoms with Gasteiger partial charge in [0.15, 0.2) is 0 Å². The third-order valence-corrected chi connectivity index (χ3v) is 2.73. The smallest absolute Gasteiger partial charge is 0.308 e. The molecule has 0 aliphatic rings. The van der Waals surface area contributed by atoms with E-state index in [1.165, 1.54) is 0 Å². The molecule has 0 spiro atoms. The third-order valence-electron chi connectivity index (χ3n) is 2.73. The van der Waals surface area contributed by atoms with Crippen molar-refractivity contribution in [3.63, 3.8) is 0 Å². The predicted octanol–water partition coefficient (Wildman–Crippen LogP) is 2.45. The van der Waals surface area contributed by atoms with Crippen LogP contribution in [-0.4, -0.2) is 23.5 Å². The molecule has 0 saturated carbocycles. The number of amides is 1. The summed E-state index contributed by atoms with van der Waals surface area (Å²) in [6.07, 6.45) is 1.21. The average Bonchev–Trinajstić information content (AvgIpc) is 2.21. The van der Waals surface area contributed by atoms with Gasteiger partial charge in [0.2, 0.25) is 5.91 Å². The van der Waals surface area contributed by atoms with Crippen LogP contribution in [0.2, 0.25) is 0 Å². The first kappa shape index (κ1) is 16.7. The molecule has 4 heteroatoms. The van der Waals surface area contributed by atoms with Gasteiger partial charge < -0.3 is 10.4 Å². The van der Waals surface area contributed by atoms with E-state index in [0.717, 1.165) is 5.57 Å². The number of rotatable bonds is 8. The first-order valence-corrected chi connectivity index (χ1v) is 6.38. The minimum Gasteiger partial charge on any atom is -0.481 e. The van der Waals surface area contributed by atoms with Crippen LogP contribution < -0.4 is 5.32 Å². The highest BCUT2D eigenvalue weighted by Gasteiger charge is 2.21. The fourth-order valence-electron chi connectivity index (χ4n) is 1.85. The molecule has 0 saturated heterocycles. The Morgan fingerprint density at radius 2 is 1.83 bits per heavy atom. The summed E-state index contributed by atoms with van der Waals surface area (Å²) in [5.41, 5.74) is 0.953. The summed E-state index contributed by atoms with van der Waals surface area (Å²) in [5, 5.41) is 11.8. The highest BCUT2D eigenvalue weighted by Crippen LogP contribution is 2.12. The van der Waals surface area contributed by atoms with Crippen LogP contribution in [0.15, 0.2) is 12.2 Å². The van der Waals surface area contributed by atoms with E-state index in [1.807, 2.05) is 27.7 Å². The average molecular weight is 255 g/mol. The van der Waals surface area contributed by atoms with E-state index in [-0.39, 0.29) is 18.4 Å². The van der Waals surface area contributed by atoms with Crippen molar-refractivity contribution >= 4 is 11.9 Å². The fraction of sp³-hybridized carbons (Fsp3) is 0.714. The lowest BCUT2D eigenvalue weighted by molar-refractivity contribution is -0.142. The van der Waals surface area contributed by atoms with E-state index in [1.54, 1.807) is 0 Å². The number of aliphatic carboxylic acids is 1. The highest BCUT2D eigenvalue weighted by atomic mass is 16.4. The molecule has 0 rings (SSSR count). The minimum absolute atomic E-state index is 0.104. The Kier molecular flexibility index (Phi) is 7.32. The fourth-order valence-corrected chi connectivity index (χ4v) is 1.85. The van der Waals surface area contributed by atoms with Gasteiger partial charge in [-0.2, -0.15) is 0 Å². The molecule has 0 radical (unpaired) electrons. The van der Waals surface area contributed by atoms with E-state index in [2.05, 4.69) is 11.9 Å². The van der Waals surface area contributed by atoms with Gasteiger partial charge >= 0.3 is 5.97 Å². The molecule has 2 unspecified atom stereocenters. The Balaban J connectivity index is 4.22. The van der Waals surface area contributed by atoms with Crippen molar-refractivity contribution in [1.82, 2.24) is 5.32 Å². The van der Waals surface area contributed by atoms with Crippen molar-refractivity contribution in [3.05, 3.63) is 12.2 Å². The minimum atomic E-state index is -0.850. The van der Waals surface area contributed by atoms with Crippen molar-refractivity contribution < 1.29 is 14.7 Å². The van der Waals surface area contributed by atoms with Gasteiger partial charge in [0.25, 0.3) is 0 Å². The second-order valence-corrected chi connectivity index (χ2v) is 5.47. The molecule has 2 atom stereocenters. The number of carbonyl (C=O) groups is 2. The largest absolute Gasteiger partial charge is 0.481 e. The maximum absolute atomic E-state index is 11.7. The second kappa shape index (κ2) is 7.90. The number of carboxylic acid groups (broad SMARTS) is 1. The predicted molar refractivity (Wildman–Crippen MR) is 72.2 cm³/mol. The normalized spacial score (nSPS) is 14.1. The molecule has 0 heterocycles. The molecule has 1 amide bonds. The SMILES string of the molecule is C=C(C)CC(C)C(=O)NCC(CC(C)C)C(=O)O. The molecule has 0 fully saturated rings. The first-order valence-electron chi connectivity index (χ1n) is 6.38. The van der Waals surface area contributed by atoms with Gasteiger partial charge in [-0.05, 0) is 25.7 Å². The van der Waals surface area contributed by atoms with Crippen molar-refractivity contribution in [1.29, 1.82) is 0 Å². The van der Waals surface area contributed by atoms with Crippen LogP contribution in [0, 0.1) is 17.8 Å². The van der Waals surface area contributed by atoms with Gasteiger partial charge in [0.05, 0.1) is 5.92 Å². The van der Waals surface area contributed by atoms with Crippen molar-refractivity contribution in [2.75, 3.05) is 6.54 Å². The topological polar surface area (TPSA) is 66.4 Å². The van der Waals surface area contributed by atoms with Gasteiger partial charge in [0, 0.05) is 12.5 Å². The molecular formula is C14H25NO3. The van der Waals surface area contributed by atoms with E-state index < -0.39 is 11.9 Å². The van der Waals surface area contributed by atoms with E-state index >= 15 is 0 Å². The molecular weight excluding hydrogens is 230 g/mol. The summed E-state index contributed by atoms with van der Waals surface area (Å²) in [7, 11) is 0. The summed E-state index contributed by atoms with van der Waals surface area (Å²) >= 11 is 0. The van der Waals surface area contributed by atoms with Crippen LogP contribution in [0.25, 0.3) is 0 Å². The van der Waals surface area contributed by atoms with Crippen LogP contribution in [0.5, 0.6) is 0 Å². The molecule has 18 heavy (non-hydrogen) atoms. The number of carbonyl (C=O) groups excluding carboxylic acids is 1. The Bertz CT molecular complexity index is 310. The lowest BCUT2D eigenvalue weighted by atomic mass is 9.96. The number of nitrogens with one attached hydrogen (secondary N) is 1. The quantitative estimate of drug-likeness (QED) is 0.655. The summed E-state index contributed by atoms with van der Waals surface area (Å²) < 4.78 is 0. The zero-order valence-electron chi connectivity index (χ0n) is 11.8. The summed E-state index contributed by atoms with van der Waals surface area (Å²) in [5.74, 6) is -1.32. The molecule has 0 aromatic heterocycles. The molecule has 4 nitrogen and oxygen atoms in total. The lowest BCUT2D eigenvalue weighted by Crippen LogP contribution is -2.36. The van der Waals surface area contributed by atoms with Gasteiger partial charge in [-0.3, -0.25) is 9.59 Å². The molecule has 2 N–H and O–H groups in total. The number of hydrogen-bond acceptors (Lipinski definition) is 2. The Morgan fingerprint density at radius 3 is 2.22 bits per heavy atom. The first-order chi connectivity index (χ1) is 8.23. The Labute approximate surface area is 109 Å². The second-order valence-electron chi connectivity index (χ2n) is 5.47. The van der Waals surface area contributed by atoms with E-state index in [9.17, 15) is 9.59 Å². The molecule has 0 aliphatic heterocycles. The zero-order chi connectivity index (χ0) is 14.3. The van der Waals surface area contributed by atoms with Crippen LogP contribution in [-0.2, 0) is 9.59 Å². The Morgan fingerprint density at radius 1 is 1.28 bits per heavy atom. The van der Waals surface area contributed by atoms with Crippen LogP contribution >= 0.6 is 0 Å². The number of hydrogen-bond donors (Lipinski definition) is 2. The Hall–Kier alpha value is -1.32. The monoisotopic (exact) mass is 255 g/mol. The van der Waals surface area contributed by atoms with E-state index in [4.69, 9.17) is 5.11 Å². The molecule has 0 aromatic rings. The molecule has 0 aromatic carbocycles. The maximum atomic E-state index is 11.7. The van der Waals surface area contributed by atoms with Crippen molar-refractivity contribution in [2.45, 2.75) is 40.5 Å². The molecule has 0 bridgehead atoms. The highest BCUT2D eigenvalue weighted by molar-refractivity contribution is 5.79. The van der Waals surface area contributed by atoms with Gasteiger partial charge in [-0.25, -0.2) is 0 Å². The summed E-state index contributed by atoms with van der Waals surface area (Å²) in [4.78, 5) is 22.8. The van der Waals surface area contributed by atoms with Crippen molar-refractivity contribution in [2.24, 2.45) is 17.8 Å². The maximum Gasteiger partial charge on any atom is 0.308 e. The molecule has 0 aliphatic carbocycles. The van der Waals surface area contributed by atoms with Crippen LogP contribution in [0.1, 0.15) is 40.5 Å². The summed E-state index contributed by atoms with van der Waals surface area (Å²) in [6, 6.07) is 0. The van der Waals surface area contributed by atoms with Crippen LogP contribution in [0.3, 0.4) is 0 Å². The number of allylic oxidation sites excluding steroid dienone is 1. The standard InChI is InChI=1S/C14H25NO3/c1-9(2)6-11(5)13(16)15-8-12(14(17)18)7-10(3)4/h10-12H,1,6-8H2,2-5H3,(H,15,16)(H,17,18). The van der Waals surface area contributed by atoms with Gasteiger partial charge in [-0.1, -0.05) is 26.3 Å². The third kappa shape index (κ3) is 7.09. The zero-order valence-corrected chi connectivity index (χ0v) is 11.8. The van der Waals surface area contributed by atoms with E-state index in [0.29, 0.717) is 18.8 Å². The molecule has 104 valence electrons. The van der Waals surface area contributed by atoms with Gasteiger partial charge in [0.1, 0.15) is 0 Å².